The molecule has 6 nitrogen and oxygen atoms in total. The van der Waals surface area contributed by atoms with E-state index in [1.54, 1.807) is 23.5 Å². The molecule has 1 atom stereocenters. The van der Waals surface area contributed by atoms with E-state index in [1.807, 2.05) is 23.1 Å². The number of fused-ring (bicyclic) bond motifs is 1. The molecule has 152 valence electrons. The van der Waals surface area contributed by atoms with Gasteiger partial charge in [0.2, 0.25) is 10.0 Å². The summed E-state index contributed by atoms with van der Waals surface area (Å²) >= 11 is 1.64. The third-order valence-electron chi connectivity index (χ3n) is 5.24. The Labute approximate surface area is 174 Å². The van der Waals surface area contributed by atoms with Crippen molar-refractivity contribution in [3.8, 4) is 0 Å². The minimum atomic E-state index is -3.51. The van der Waals surface area contributed by atoms with Gasteiger partial charge in [-0.2, -0.15) is 0 Å². The molecule has 2 aromatic carbocycles. The van der Waals surface area contributed by atoms with E-state index in [9.17, 15) is 13.2 Å². The number of para-hydroxylation sites is 1. The van der Waals surface area contributed by atoms with Crippen molar-refractivity contribution in [2.24, 2.45) is 0 Å². The predicted molar refractivity (Wildman–Crippen MR) is 115 cm³/mol. The van der Waals surface area contributed by atoms with Crippen LogP contribution < -0.4 is 0 Å². The highest BCUT2D eigenvalue weighted by atomic mass is 32.2. The minimum absolute atomic E-state index is 0.0427. The van der Waals surface area contributed by atoms with E-state index < -0.39 is 10.0 Å². The van der Waals surface area contributed by atoms with Crippen molar-refractivity contribution in [3.63, 3.8) is 0 Å². The first kappa shape index (κ1) is 20.0. The highest BCUT2D eigenvalue weighted by Gasteiger charge is 2.31. The summed E-state index contributed by atoms with van der Waals surface area (Å²) in [5, 5.41) is 0.964. The van der Waals surface area contributed by atoms with Gasteiger partial charge in [-0.25, -0.2) is 17.7 Å². The average Bonchev–Trinajstić information content (AvgIpc) is 3.17. The smallest absolute Gasteiger partial charge is 0.254 e. The molecule has 0 N–H and O–H groups in total. The van der Waals surface area contributed by atoms with Gasteiger partial charge in [0.15, 0.2) is 0 Å². The summed E-state index contributed by atoms with van der Waals surface area (Å²) in [5.74, 6) is -0.0808. The summed E-state index contributed by atoms with van der Waals surface area (Å²) in [7, 11) is -0.531. The lowest BCUT2D eigenvalue weighted by Crippen LogP contribution is -2.38. The minimum Gasteiger partial charge on any atom is -0.329 e. The van der Waals surface area contributed by atoms with Gasteiger partial charge in [-0.15, -0.1) is 11.3 Å². The Morgan fingerprint density at radius 1 is 1.10 bits per heavy atom. The lowest BCUT2D eigenvalue weighted by atomic mass is 10.0. The largest absolute Gasteiger partial charge is 0.329 e. The molecule has 8 heteroatoms. The summed E-state index contributed by atoms with van der Waals surface area (Å²) in [4.78, 5) is 20.1. The van der Waals surface area contributed by atoms with Gasteiger partial charge in [-0.3, -0.25) is 4.79 Å². The second-order valence-electron chi connectivity index (χ2n) is 7.34. The molecule has 1 fully saturated rings. The highest BCUT2D eigenvalue weighted by molar-refractivity contribution is 7.89. The van der Waals surface area contributed by atoms with Crippen LogP contribution in [0.4, 0.5) is 0 Å². The summed E-state index contributed by atoms with van der Waals surface area (Å²) in [6.07, 6.45) is 2.91. The summed E-state index contributed by atoms with van der Waals surface area (Å²) < 4.78 is 26.8. The molecule has 1 saturated heterocycles. The number of rotatable bonds is 4. The number of nitrogens with zero attached hydrogens (tertiary/aromatic N) is 3. The molecule has 0 bridgehead atoms. The zero-order valence-corrected chi connectivity index (χ0v) is 18.0. The number of benzene rings is 2. The molecule has 0 radical (unpaired) electrons. The number of sulfonamides is 1. The average molecular weight is 430 g/mol. The third-order valence-corrected chi connectivity index (χ3v) is 8.21. The van der Waals surface area contributed by atoms with Crippen molar-refractivity contribution >= 4 is 37.5 Å². The van der Waals surface area contributed by atoms with Gasteiger partial charge in [0.1, 0.15) is 5.01 Å². The molecule has 1 aliphatic heterocycles. The van der Waals surface area contributed by atoms with Gasteiger partial charge in [0.25, 0.3) is 5.91 Å². The number of carbonyl (C=O) groups is 1. The number of aromatic nitrogens is 1. The topological polar surface area (TPSA) is 70.6 Å². The Morgan fingerprint density at radius 3 is 2.52 bits per heavy atom. The molecule has 1 amide bonds. The first-order valence-electron chi connectivity index (χ1n) is 9.57. The van der Waals surface area contributed by atoms with Crippen LogP contribution in [0.3, 0.4) is 0 Å². The molecule has 3 aromatic rings. The monoisotopic (exact) mass is 429 g/mol. The van der Waals surface area contributed by atoms with Crippen LogP contribution in [0.15, 0.2) is 53.4 Å². The number of hydrogen-bond donors (Lipinski definition) is 0. The Bertz CT molecular complexity index is 1100. The summed E-state index contributed by atoms with van der Waals surface area (Å²) in [5.41, 5.74) is 1.46. The molecule has 1 aromatic heterocycles. The fourth-order valence-electron chi connectivity index (χ4n) is 3.61. The molecule has 4 rings (SSSR count). The van der Waals surface area contributed by atoms with Crippen LogP contribution >= 0.6 is 11.3 Å². The summed E-state index contributed by atoms with van der Waals surface area (Å²) in [6, 6.07) is 14.2. The zero-order chi connectivity index (χ0) is 20.6. The van der Waals surface area contributed by atoms with Crippen molar-refractivity contribution in [1.82, 2.24) is 14.2 Å². The maximum absolute atomic E-state index is 13.2. The zero-order valence-electron chi connectivity index (χ0n) is 16.4. The van der Waals surface area contributed by atoms with Gasteiger partial charge >= 0.3 is 0 Å². The van der Waals surface area contributed by atoms with E-state index in [0.29, 0.717) is 12.1 Å². The SMILES string of the molecule is CN(C)S(=O)(=O)c1ccc(C(=O)N2CCCCC2c2nc3ccccc3s2)cc1. The number of thiazole rings is 1. The second kappa shape index (κ2) is 7.85. The van der Waals surface area contributed by atoms with Gasteiger partial charge in [0.05, 0.1) is 21.2 Å². The van der Waals surface area contributed by atoms with E-state index in [4.69, 9.17) is 4.98 Å². The third kappa shape index (κ3) is 3.80. The second-order valence-corrected chi connectivity index (χ2v) is 10.6. The normalized spacial score (nSPS) is 17.8. The number of likely N-dealkylation sites (tertiary alicyclic amines) is 1. The number of carbonyl (C=O) groups excluding carboxylic acids is 1. The lowest BCUT2D eigenvalue weighted by Gasteiger charge is -2.34. The predicted octanol–water partition coefficient (Wildman–Crippen LogP) is 3.91. The quantitative estimate of drug-likeness (QED) is 0.630. The lowest BCUT2D eigenvalue weighted by molar-refractivity contribution is 0.0611. The van der Waals surface area contributed by atoms with Crippen LogP contribution in [0, 0.1) is 0 Å². The molecular formula is C21H23N3O3S2. The van der Waals surface area contributed by atoms with Crippen LogP contribution in [0.5, 0.6) is 0 Å². The Balaban J connectivity index is 1.62. The molecule has 0 spiro atoms. The molecule has 29 heavy (non-hydrogen) atoms. The number of hydrogen-bond acceptors (Lipinski definition) is 5. The van der Waals surface area contributed by atoms with Crippen molar-refractivity contribution in [2.45, 2.75) is 30.2 Å². The van der Waals surface area contributed by atoms with Gasteiger partial charge in [-0.1, -0.05) is 12.1 Å². The first-order valence-corrected chi connectivity index (χ1v) is 11.8. The fourth-order valence-corrected chi connectivity index (χ4v) is 5.63. The Kier molecular flexibility index (Phi) is 5.42. The van der Waals surface area contributed by atoms with E-state index in [-0.39, 0.29) is 16.8 Å². The number of piperidine rings is 1. The van der Waals surface area contributed by atoms with Gasteiger partial charge in [-0.05, 0) is 55.7 Å². The van der Waals surface area contributed by atoms with Crippen molar-refractivity contribution in [3.05, 3.63) is 59.1 Å². The molecule has 2 heterocycles. The van der Waals surface area contributed by atoms with Gasteiger partial charge in [0, 0.05) is 26.2 Å². The molecule has 1 aliphatic rings. The Hall–Kier alpha value is -2.29. The van der Waals surface area contributed by atoms with Crippen LogP contribution in [-0.4, -0.2) is 49.2 Å². The van der Waals surface area contributed by atoms with Crippen LogP contribution in [-0.2, 0) is 10.0 Å². The first-order chi connectivity index (χ1) is 13.9. The maximum Gasteiger partial charge on any atom is 0.254 e. The molecule has 0 aliphatic carbocycles. The van der Waals surface area contributed by atoms with Crippen LogP contribution in [0.2, 0.25) is 0 Å². The van der Waals surface area contributed by atoms with Crippen molar-refractivity contribution < 1.29 is 13.2 Å². The fraction of sp³-hybridized carbons (Fsp3) is 0.333. The standard InChI is InChI=1S/C21H23N3O3S2/c1-23(2)29(26,27)16-12-10-15(11-13-16)21(25)24-14-6-5-8-18(24)20-22-17-7-3-4-9-19(17)28-20/h3-4,7,9-13,18H,5-6,8,14H2,1-2H3. The van der Waals surface area contributed by atoms with Crippen molar-refractivity contribution in [1.29, 1.82) is 0 Å². The van der Waals surface area contributed by atoms with E-state index >= 15 is 0 Å². The Morgan fingerprint density at radius 2 is 1.83 bits per heavy atom. The maximum atomic E-state index is 13.2. The van der Waals surface area contributed by atoms with E-state index in [1.165, 1.54) is 26.2 Å². The van der Waals surface area contributed by atoms with Crippen LogP contribution in [0.25, 0.3) is 10.2 Å². The highest BCUT2D eigenvalue weighted by Crippen LogP contribution is 2.36. The van der Waals surface area contributed by atoms with E-state index in [2.05, 4.69) is 6.07 Å². The van der Waals surface area contributed by atoms with Crippen molar-refractivity contribution in [2.75, 3.05) is 20.6 Å². The number of amides is 1. The molecular weight excluding hydrogens is 406 g/mol. The van der Waals surface area contributed by atoms with Gasteiger partial charge < -0.3 is 4.90 Å². The molecule has 0 saturated carbocycles. The van der Waals surface area contributed by atoms with E-state index in [0.717, 1.165) is 38.8 Å². The molecule has 1 unspecified atom stereocenters. The van der Waals surface area contributed by atoms with Crippen LogP contribution in [0.1, 0.15) is 40.7 Å². The summed E-state index contributed by atoms with van der Waals surface area (Å²) in [6.45, 7) is 0.678.